The van der Waals surface area contributed by atoms with Gasteiger partial charge in [-0.15, -0.1) is 0 Å². The summed E-state index contributed by atoms with van der Waals surface area (Å²) in [5.41, 5.74) is 1.15. The van der Waals surface area contributed by atoms with Gasteiger partial charge in [0.05, 0.1) is 12.0 Å². The van der Waals surface area contributed by atoms with Crippen LogP contribution in [0, 0.1) is 0 Å². The maximum atomic E-state index is 11.1. The monoisotopic (exact) mass is 288 g/mol. The summed E-state index contributed by atoms with van der Waals surface area (Å²) in [6.45, 7) is 0.707. The predicted octanol–water partition coefficient (Wildman–Crippen LogP) is 0.848. The third-order valence-corrected chi connectivity index (χ3v) is 4.22. The van der Waals surface area contributed by atoms with E-state index in [2.05, 4.69) is 9.36 Å². The third-order valence-electron chi connectivity index (χ3n) is 3.43. The van der Waals surface area contributed by atoms with E-state index in [0.717, 1.165) is 17.8 Å². The summed E-state index contributed by atoms with van der Waals surface area (Å²) < 4.78 is 4.33. The van der Waals surface area contributed by atoms with Crippen molar-refractivity contribution in [3.63, 3.8) is 0 Å². The standard InChI is InChI=1S/C14H15N3O2S/c18-13(19)11-7-4-8-17(11)14-15-12(16-20-14)9-10-5-2-1-3-6-10/h1-3,5-6,11H,4,7-9H2,(H,18,19)/p-1/t11-/m1/s1. The lowest BCUT2D eigenvalue weighted by atomic mass is 10.1. The fourth-order valence-corrected chi connectivity index (χ4v) is 3.21. The summed E-state index contributed by atoms with van der Waals surface area (Å²) in [5, 5.41) is 11.8. The minimum Gasteiger partial charge on any atom is -0.548 e. The molecular weight excluding hydrogens is 274 g/mol. The van der Waals surface area contributed by atoms with Crippen molar-refractivity contribution in [1.29, 1.82) is 0 Å². The molecule has 0 aliphatic carbocycles. The van der Waals surface area contributed by atoms with E-state index in [4.69, 9.17) is 0 Å². The van der Waals surface area contributed by atoms with Crippen molar-refractivity contribution in [3.05, 3.63) is 41.7 Å². The van der Waals surface area contributed by atoms with Crippen LogP contribution in [-0.4, -0.2) is 27.9 Å². The van der Waals surface area contributed by atoms with E-state index in [1.165, 1.54) is 11.5 Å². The van der Waals surface area contributed by atoms with Gasteiger partial charge in [0.15, 0.2) is 0 Å². The Morgan fingerprint density at radius 2 is 2.20 bits per heavy atom. The highest BCUT2D eigenvalue weighted by Gasteiger charge is 2.28. The fraction of sp³-hybridized carbons (Fsp3) is 0.357. The Hall–Kier alpha value is -1.95. The quantitative estimate of drug-likeness (QED) is 0.834. The molecule has 2 heterocycles. The van der Waals surface area contributed by atoms with E-state index < -0.39 is 12.0 Å². The van der Waals surface area contributed by atoms with Crippen LogP contribution in [0.2, 0.25) is 0 Å². The first-order valence-electron chi connectivity index (χ1n) is 6.58. The number of carbonyl (C=O) groups excluding carboxylic acids is 1. The number of aliphatic carboxylic acids is 1. The van der Waals surface area contributed by atoms with Gasteiger partial charge in [-0.2, -0.15) is 4.37 Å². The van der Waals surface area contributed by atoms with E-state index in [1.54, 1.807) is 4.90 Å². The summed E-state index contributed by atoms with van der Waals surface area (Å²) in [4.78, 5) is 17.3. The first kappa shape index (κ1) is 13.1. The van der Waals surface area contributed by atoms with Crippen LogP contribution in [0.3, 0.4) is 0 Å². The predicted molar refractivity (Wildman–Crippen MR) is 74.5 cm³/mol. The van der Waals surface area contributed by atoms with Gasteiger partial charge in [0, 0.05) is 24.5 Å². The fourth-order valence-electron chi connectivity index (χ4n) is 2.45. The van der Waals surface area contributed by atoms with Gasteiger partial charge in [0.25, 0.3) is 0 Å². The third kappa shape index (κ3) is 2.65. The van der Waals surface area contributed by atoms with Crippen molar-refractivity contribution < 1.29 is 9.90 Å². The molecule has 1 saturated heterocycles. The van der Waals surface area contributed by atoms with E-state index in [1.807, 2.05) is 30.3 Å². The SMILES string of the molecule is O=C([O-])[C@H]1CCCN1c1nc(Cc2ccccc2)ns1. The molecule has 2 aromatic rings. The molecule has 0 spiro atoms. The molecule has 0 bridgehead atoms. The van der Waals surface area contributed by atoms with Crippen LogP contribution in [0.25, 0.3) is 0 Å². The molecule has 1 atom stereocenters. The van der Waals surface area contributed by atoms with Crippen LogP contribution < -0.4 is 10.0 Å². The van der Waals surface area contributed by atoms with Gasteiger partial charge in [-0.05, 0) is 18.4 Å². The Morgan fingerprint density at radius 1 is 1.40 bits per heavy atom. The van der Waals surface area contributed by atoms with Crippen LogP contribution in [0.1, 0.15) is 24.2 Å². The van der Waals surface area contributed by atoms with Crippen molar-refractivity contribution >= 4 is 22.6 Å². The van der Waals surface area contributed by atoms with Crippen molar-refractivity contribution in [3.8, 4) is 0 Å². The molecule has 6 heteroatoms. The maximum absolute atomic E-state index is 11.1. The number of nitrogens with zero attached hydrogens (tertiary/aromatic N) is 3. The molecule has 0 unspecified atom stereocenters. The number of hydrogen-bond donors (Lipinski definition) is 0. The molecule has 3 rings (SSSR count). The van der Waals surface area contributed by atoms with Gasteiger partial charge in [0.2, 0.25) is 5.13 Å². The van der Waals surface area contributed by atoms with E-state index in [-0.39, 0.29) is 0 Å². The highest BCUT2D eigenvalue weighted by atomic mass is 32.1. The average Bonchev–Trinajstić information content (AvgIpc) is 3.07. The minimum absolute atomic E-state index is 0.562. The molecule has 20 heavy (non-hydrogen) atoms. The summed E-state index contributed by atoms with van der Waals surface area (Å²) in [5.74, 6) is -0.289. The van der Waals surface area contributed by atoms with Crippen molar-refractivity contribution in [2.75, 3.05) is 11.4 Å². The molecule has 0 radical (unpaired) electrons. The van der Waals surface area contributed by atoms with E-state index >= 15 is 0 Å². The first-order valence-corrected chi connectivity index (χ1v) is 7.35. The Kier molecular flexibility index (Phi) is 3.64. The number of carbonyl (C=O) groups is 1. The van der Waals surface area contributed by atoms with Crippen LogP contribution in [0.15, 0.2) is 30.3 Å². The van der Waals surface area contributed by atoms with Crippen LogP contribution >= 0.6 is 11.5 Å². The summed E-state index contributed by atoms with van der Waals surface area (Å²) >= 11 is 1.26. The average molecular weight is 288 g/mol. The van der Waals surface area contributed by atoms with Crippen molar-refractivity contribution in [2.45, 2.75) is 25.3 Å². The second-order valence-electron chi connectivity index (χ2n) is 4.83. The highest BCUT2D eigenvalue weighted by molar-refractivity contribution is 7.09. The second kappa shape index (κ2) is 5.58. The molecule has 1 aliphatic rings. The summed E-state index contributed by atoms with van der Waals surface area (Å²) in [6.07, 6.45) is 2.14. The van der Waals surface area contributed by atoms with Gasteiger partial charge < -0.3 is 14.8 Å². The largest absolute Gasteiger partial charge is 0.548 e. The van der Waals surface area contributed by atoms with Gasteiger partial charge in [-0.25, -0.2) is 4.98 Å². The number of carboxylic acids is 1. The van der Waals surface area contributed by atoms with E-state index in [9.17, 15) is 9.90 Å². The first-order chi connectivity index (χ1) is 9.74. The molecule has 104 valence electrons. The Labute approximate surface area is 121 Å². The molecule has 0 saturated carbocycles. The molecule has 0 N–H and O–H groups in total. The zero-order chi connectivity index (χ0) is 13.9. The maximum Gasteiger partial charge on any atom is 0.205 e. The van der Waals surface area contributed by atoms with E-state index in [0.29, 0.717) is 24.5 Å². The number of benzene rings is 1. The lowest BCUT2D eigenvalue weighted by Gasteiger charge is -2.23. The zero-order valence-electron chi connectivity index (χ0n) is 10.9. The van der Waals surface area contributed by atoms with Crippen LogP contribution in [0.4, 0.5) is 5.13 Å². The normalized spacial score (nSPS) is 18.4. The van der Waals surface area contributed by atoms with Crippen molar-refractivity contribution in [1.82, 2.24) is 9.36 Å². The smallest absolute Gasteiger partial charge is 0.205 e. The molecular formula is C14H14N3O2S-. The molecule has 1 aromatic carbocycles. The highest BCUT2D eigenvalue weighted by Crippen LogP contribution is 2.27. The number of rotatable bonds is 4. The lowest BCUT2D eigenvalue weighted by molar-refractivity contribution is -0.307. The molecule has 5 nitrogen and oxygen atoms in total. The zero-order valence-corrected chi connectivity index (χ0v) is 11.7. The Bertz CT molecular complexity index is 599. The van der Waals surface area contributed by atoms with Crippen molar-refractivity contribution in [2.24, 2.45) is 0 Å². The number of hydrogen-bond acceptors (Lipinski definition) is 6. The molecule has 1 aliphatic heterocycles. The summed E-state index contributed by atoms with van der Waals surface area (Å²) in [7, 11) is 0. The number of aromatic nitrogens is 2. The second-order valence-corrected chi connectivity index (χ2v) is 5.56. The molecule has 1 aromatic heterocycles. The van der Waals surface area contributed by atoms with Gasteiger partial charge in [0.1, 0.15) is 5.82 Å². The van der Waals surface area contributed by atoms with Crippen LogP contribution in [0.5, 0.6) is 0 Å². The molecule has 0 amide bonds. The van der Waals surface area contributed by atoms with Gasteiger partial charge in [-0.3, -0.25) is 0 Å². The number of anilines is 1. The van der Waals surface area contributed by atoms with Gasteiger partial charge in [-0.1, -0.05) is 30.3 Å². The Balaban J connectivity index is 1.75. The Morgan fingerprint density at radius 3 is 2.95 bits per heavy atom. The summed E-state index contributed by atoms with van der Waals surface area (Å²) in [6, 6.07) is 9.43. The lowest BCUT2D eigenvalue weighted by Crippen LogP contribution is -2.44. The minimum atomic E-state index is -1.03. The topological polar surface area (TPSA) is 69.2 Å². The number of carboxylic acid groups (broad SMARTS) is 1. The van der Waals surface area contributed by atoms with Gasteiger partial charge >= 0.3 is 0 Å². The molecule has 1 fully saturated rings. The van der Waals surface area contributed by atoms with Crippen LogP contribution in [-0.2, 0) is 11.2 Å².